The Morgan fingerprint density at radius 2 is 1.85 bits per heavy atom. The van der Waals surface area contributed by atoms with Crippen molar-refractivity contribution in [2.45, 2.75) is 13.8 Å². The molecule has 0 aromatic heterocycles. The highest BCUT2D eigenvalue weighted by Gasteiger charge is 2.32. The zero-order chi connectivity index (χ0) is 9.59. The van der Waals surface area contributed by atoms with Gasteiger partial charge in [-0.3, -0.25) is 0 Å². The average Bonchev–Trinajstić information content (AvgIpc) is 2.27. The van der Waals surface area contributed by atoms with E-state index >= 15 is 0 Å². The number of cyclic esters (lactones) is 2. The maximum Gasteiger partial charge on any atom is 0.443 e. The highest BCUT2D eigenvalue weighted by Crippen LogP contribution is 2.22. The number of ether oxygens (including phenoxy) is 1. The molecule has 0 atom stereocenters. The van der Waals surface area contributed by atoms with Gasteiger partial charge in [0.25, 0.3) is 0 Å². The third-order valence-electron chi connectivity index (χ3n) is 2.00. The van der Waals surface area contributed by atoms with Crippen molar-refractivity contribution >= 4 is 23.6 Å². The van der Waals surface area contributed by atoms with Crippen molar-refractivity contribution in [3.05, 3.63) is 11.1 Å². The number of rotatable bonds is 0. The first-order valence-electron chi connectivity index (χ1n) is 3.71. The van der Waals surface area contributed by atoms with Crippen molar-refractivity contribution in [3.63, 3.8) is 0 Å². The van der Waals surface area contributed by atoms with Gasteiger partial charge in [-0.15, -0.1) is 0 Å². The highest BCUT2D eigenvalue weighted by atomic mass is 16.6. The second-order valence-electron chi connectivity index (χ2n) is 2.79. The first-order chi connectivity index (χ1) is 6.09. The number of hydrogen-bond acceptors (Lipinski definition) is 4. The number of esters is 1. The molecule has 0 radical (unpaired) electrons. The van der Waals surface area contributed by atoms with Crippen LogP contribution in [0.25, 0.3) is 0 Å². The maximum absolute atomic E-state index is 11.2. The lowest BCUT2D eigenvalue weighted by Gasteiger charge is -2.07. The van der Waals surface area contributed by atoms with Crippen molar-refractivity contribution in [2.75, 3.05) is 0 Å². The third-order valence-corrected chi connectivity index (χ3v) is 2.00. The Morgan fingerprint density at radius 1 is 1.15 bits per heavy atom. The predicted molar refractivity (Wildman–Crippen MR) is 44.7 cm³/mol. The van der Waals surface area contributed by atoms with Gasteiger partial charge in [0, 0.05) is 5.71 Å². The summed E-state index contributed by atoms with van der Waals surface area (Å²) in [5.74, 6) is -0.482. The van der Waals surface area contributed by atoms with E-state index in [1.54, 1.807) is 13.8 Å². The van der Waals surface area contributed by atoms with E-state index in [1.807, 2.05) is 0 Å². The summed E-state index contributed by atoms with van der Waals surface area (Å²) in [5.41, 5.74) is 1.72. The van der Waals surface area contributed by atoms with Crippen molar-refractivity contribution in [1.82, 2.24) is 0 Å². The molecule has 66 valence electrons. The Bertz CT molecular complexity index is 415. The molecule has 5 nitrogen and oxygen atoms in total. The number of aliphatic imine (C=N–C) groups is 2. The molecule has 1 amide bonds. The van der Waals surface area contributed by atoms with Crippen molar-refractivity contribution in [3.8, 4) is 0 Å². The van der Waals surface area contributed by atoms with E-state index < -0.39 is 12.1 Å². The van der Waals surface area contributed by atoms with E-state index in [4.69, 9.17) is 0 Å². The lowest BCUT2D eigenvalue weighted by atomic mass is 10.1. The standard InChI is InChI=1S/C8H6N2O3/c1-3-4(2)9-6-5(3)7(11)13-8(12)10-6/h1-2H3. The Hall–Kier alpha value is -1.78. The minimum atomic E-state index is -0.894. The van der Waals surface area contributed by atoms with Crippen LogP contribution in [0.4, 0.5) is 4.79 Å². The third kappa shape index (κ3) is 1.00. The van der Waals surface area contributed by atoms with E-state index in [1.165, 1.54) is 0 Å². The number of nitrogens with zero attached hydrogens (tertiary/aromatic N) is 2. The van der Waals surface area contributed by atoms with Gasteiger partial charge in [0.1, 0.15) is 5.57 Å². The molecule has 5 heteroatoms. The number of carbonyl (C=O) groups is 2. The lowest BCUT2D eigenvalue weighted by molar-refractivity contribution is -0.132. The molecule has 0 unspecified atom stereocenters. The minimum absolute atomic E-state index is 0.177. The summed E-state index contributed by atoms with van der Waals surface area (Å²) in [6.45, 7) is 3.49. The normalized spacial score (nSPS) is 21.1. The molecule has 2 aliphatic rings. The van der Waals surface area contributed by atoms with Crippen LogP contribution in [0.2, 0.25) is 0 Å². The molecule has 0 N–H and O–H groups in total. The molecule has 0 aromatic carbocycles. The number of hydrogen-bond donors (Lipinski definition) is 0. The summed E-state index contributed by atoms with van der Waals surface area (Å²) in [6, 6.07) is 0. The number of amides is 1. The molecule has 2 heterocycles. The van der Waals surface area contributed by atoms with Crippen LogP contribution in [0, 0.1) is 0 Å². The van der Waals surface area contributed by atoms with Crippen molar-refractivity contribution in [2.24, 2.45) is 9.98 Å². The Balaban J connectivity index is 2.62. The van der Waals surface area contributed by atoms with Crippen LogP contribution >= 0.6 is 0 Å². The largest absolute Gasteiger partial charge is 0.443 e. The molecule has 2 rings (SSSR count). The van der Waals surface area contributed by atoms with Gasteiger partial charge < -0.3 is 4.74 Å². The van der Waals surface area contributed by atoms with Crippen LogP contribution in [0.15, 0.2) is 21.1 Å². The zero-order valence-corrected chi connectivity index (χ0v) is 7.12. The van der Waals surface area contributed by atoms with Gasteiger partial charge in [-0.05, 0) is 19.4 Å². The lowest BCUT2D eigenvalue weighted by Crippen LogP contribution is -2.22. The van der Waals surface area contributed by atoms with Gasteiger partial charge >= 0.3 is 12.1 Å². The second-order valence-corrected chi connectivity index (χ2v) is 2.79. The molecule has 2 aliphatic heterocycles. The number of allylic oxidation sites excluding steroid dienone is 1. The summed E-state index contributed by atoms with van der Waals surface area (Å²) in [4.78, 5) is 29.3. The first-order valence-corrected chi connectivity index (χ1v) is 3.71. The fraction of sp³-hybridized carbons (Fsp3) is 0.250. The highest BCUT2D eigenvalue weighted by molar-refractivity contribution is 6.35. The van der Waals surface area contributed by atoms with Crippen LogP contribution in [0.1, 0.15) is 13.8 Å². The topological polar surface area (TPSA) is 68.1 Å². The molecule has 0 saturated heterocycles. The van der Waals surface area contributed by atoms with Gasteiger partial charge in [-0.2, -0.15) is 4.99 Å². The quantitative estimate of drug-likeness (QED) is 0.408. The van der Waals surface area contributed by atoms with Crippen LogP contribution in [-0.2, 0) is 9.53 Å². The summed E-state index contributed by atoms with van der Waals surface area (Å²) in [5, 5.41) is 0. The van der Waals surface area contributed by atoms with Gasteiger partial charge in [0.05, 0.1) is 0 Å². The fourth-order valence-corrected chi connectivity index (χ4v) is 1.21. The first kappa shape index (κ1) is 7.85. The molecule has 0 saturated carbocycles. The van der Waals surface area contributed by atoms with E-state index in [0.717, 1.165) is 5.57 Å². The maximum atomic E-state index is 11.2. The van der Waals surface area contributed by atoms with Gasteiger partial charge in [-0.1, -0.05) is 0 Å². The molecular weight excluding hydrogens is 172 g/mol. The monoisotopic (exact) mass is 178 g/mol. The molecule has 0 aromatic rings. The minimum Gasteiger partial charge on any atom is -0.371 e. The second kappa shape index (κ2) is 2.35. The van der Waals surface area contributed by atoms with E-state index in [-0.39, 0.29) is 5.84 Å². The molecule has 0 aliphatic carbocycles. The summed E-state index contributed by atoms with van der Waals surface area (Å²) in [7, 11) is 0. The van der Waals surface area contributed by atoms with E-state index in [2.05, 4.69) is 14.7 Å². The van der Waals surface area contributed by atoms with Gasteiger partial charge in [-0.25, -0.2) is 14.6 Å². The summed E-state index contributed by atoms with van der Waals surface area (Å²) in [6.07, 6.45) is -0.894. The van der Waals surface area contributed by atoms with Crippen LogP contribution in [0.3, 0.4) is 0 Å². The molecule has 0 spiro atoms. The number of carbonyl (C=O) groups excluding carboxylic acids is 2. The SMILES string of the molecule is CC1=NC2=NC(=O)OC(=O)C2=C1C. The summed E-state index contributed by atoms with van der Waals surface area (Å²) < 4.78 is 4.32. The van der Waals surface area contributed by atoms with Crippen LogP contribution < -0.4 is 0 Å². The summed E-state index contributed by atoms with van der Waals surface area (Å²) >= 11 is 0. The van der Waals surface area contributed by atoms with E-state index in [9.17, 15) is 9.59 Å². The Labute approximate surface area is 73.8 Å². The van der Waals surface area contributed by atoms with Crippen LogP contribution in [-0.4, -0.2) is 23.6 Å². The van der Waals surface area contributed by atoms with Gasteiger partial charge in [0.15, 0.2) is 5.84 Å². The molecule has 0 bridgehead atoms. The number of amidine groups is 1. The average molecular weight is 178 g/mol. The Morgan fingerprint density at radius 3 is 2.54 bits per heavy atom. The van der Waals surface area contributed by atoms with E-state index in [0.29, 0.717) is 11.3 Å². The smallest absolute Gasteiger partial charge is 0.371 e. The molecular formula is C8H6N2O3. The fourth-order valence-electron chi connectivity index (χ4n) is 1.21. The number of fused-ring (bicyclic) bond motifs is 1. The van der Waals surface area contributed by atoms with Crippen LogP contribution in [0.5, 0.6) is 0 Å². The molecule has 0 fully saturated rings. The van der Waals surface area contributed by atoms with Crippen molar-refractivity contribution in [1.29, 1.82) is 0 Å². The Kier molecular flexibility index (Phi) is 1.42. The van der Waals surface area contributed by atoms with Gasteiger partial charge in [0.2, 0.25) is 0 Å². The predicted octanol–water partition coefficient (Wildman–Crippen LogP) is 0.853. The molecule has 13 heavy (non-hydrogen) atoms. The zero-order valence-electron chi connectivity index (χ0n) is 7.12. The van der Waals surface area contributed by atoms with Crippen molar-refractivity contribution < 1.29 is 14.3 Å².